The van der Waals surface area contributed by atoms with Crippen LogP contribution in [0.2, 0.25) is 0 Å². The van der Waals surface area contributed by atoms with E-state index in [1.54, 1.807) is 4.31 Å². The van der Waals surface area contributed by atoms with Crippen LogP contribution in [0.5, 0.6) is 0 Å². The average Bonchev–Trinajstić information content (AvgIpc) is 2.64. The van der Waals surface area contributed by atoms with E-state index in [9.17, 15) is 8.42 Å². The largest absolute Gasteiger partial charge is 0.367 e. The number of hydrogen-bond donors (Lipinski definition) is 1. The first-order valence-electron chi connectivity index (χ1n) is 7.01. The van der Waals surface area contributed by atoms with Crippen LogP contribution in [0.4, 0.5) is 0 Å². The van der Waals surface area contributed by atoms with E-state index in [0.717, 1.165) is 19.4 Å². The number of rotatable bonds is 3. The predicted octanol–water partition coefficient (Wildman–Crippen LogP) is 0.958. The summed E-state index contributed by atoms with van der Waals surface area (Å²) < 4.78 is 32.6. The third-order valence-corrected chi connectivity index (χ3v) is 5.50. The average molecular weight is 290 g/mol. The second kappa shape index (κ2) is 4.98. The lowest BCUT2D eigenvalue weighted by atomic mass is 10.0. The number of morpholine rings is 1. The van der Waals surface area contributed by atoms with Crippen LogP contribution in [0.15, 0.2) is 0 Å². The van der Waals surface area contributed by atoms with Gasteiger partial charge in [-0.1, -0.05) is 0 Å². The zero-order chi connectivity index (χ0) is 14.3. The van der Waals surface area contributed by atoms with Gasteiger partial charge in [-0.3, -0.25) is 0 Å². The normalized spacial score (nSPS) is 31.5. The summed E-state index contributed by atoms with van der Waals surface area (Å²) in [5.41, 5.74) is -0.865. The van der Waals surface area contributed by atoms with Crippen molar-refractivity contribution < 1.29 is 13.2 Å². The minimum Gasteiger partial charge on any atom is -0.367 e. The lowest BCUT2D eigenvalue weighted by molar-refractivity contribution is -0.163. The molecule has 112 valence electrons. The zero-order valence-corrected chi connectivity index (χ0v) is 13.2. The quantitative estimate of drug-likeness (QED) is 0.841. The van der Waals surface area contributed by atoms with E-state index in [2.05, 4.69) is 5.32 Å². The first-order chi connectivity index (χ1) is 8.60. The van der Waals surface area contributed by atoms with Gasteiger partial charge in [0.2, 0.25) is 10.0 Å². The second-order valence-electron chi connectivity index (χ2n) is 6.96. The maximum atomic E-state index is 12.5. The van der Waals surface area contributed by atoms with E-state index in [1.165, 1.54) is 0 Å². The molecule has 0 radical (unpaired) electrons. The third kappa shape index (κ3) is 3.90. The SMILES string of the molecule is CC1(C)CN(S(=O)(=O)CC2CCCN2)CC(C)(C)O1. The fourth-order valence-corrected chi connectivity index (χ4v) is 5.19. The summed E-state index contributed by atoms with van der Waals surface area (Å²) in [4.78, 5) is 0. The predicted molar refractivity (Wildman–Crippen MR) is 75.6 cm³/mol. The first-order valence-corrected chi connectivity index (χ1v) is 8.62. The molecule has 2 aliphatic heterocycles. The van der Waals surface area contributed by atoms with Crippen LogP contribution in [0.1, 0.15) is 40.5 Å². The molecule has 0 spiro atoms. The van der Waals surface area contributed by atoms with Gasteiger partial charge in [0.15, 0.2) is 0 Å². The van der Waals surface area contributed by atoms with Crippen molar-refractivity contribution in [2.75, 3.05) is 25.4 Å². The van der Waals surface area contributed by atoms with Crippen molar-refractivity contribution in [3.05, 3.63) is 0 Å². The second-order valence-corrected chi connectivity index (χ2v) is 8.97. The molecule has 0 saturated carbocycles. The van der Waals surface area contributed by atoms with Crippen molar-refractivity contribution >= 4 is 10.0 Å². The number of nitrogens with zero attached hydrogens (tertiary/aromatic N) is 1. The van der Waals surface area contributed by atoms with Crippen molar-refractivity contribution in [2.24, 2.45) is 0 Å². The highest BCUT2D eigenvalue weighted by Crippen LogP contribution is 2.30. The summed E-state index contributed by atoms with van der Waals surface area (Å²) in [7, 11) is -3.22. The molecule has 19 heavy (non-hydrogen) atoms. The van der Waals surface area contributed by atoms with E-state index in [1.807, 2.05) is 27.7 Å². The Morgan fingerprint density at radius 2 is 1.79 bits per heavy atom. The molecule has 0 aliphatic carbocycles. The van der Waals surface area contributed by atoms with Gasteiger partial charge in [0, 0.05) is 19.1 Å². The molecule has 2 fully saturated rings. The molecule has 0 amide bonds. The van der Waals surface area contributed by atoms with Gasteiger partial charge in [-0.2, -0.15) is 4.31 Å². The van der Waals surface area contributed by atoms with Gasteiger partial charge in [0.1, 0.15) is 0 Å². The Labute approximate surface area is 116 Å². The Bertz CT molecular complexity index is 409. The van der Waals surface area contributed by atoms with Gasteiger partial charge < -0.3 is 10.1 Å². The van der Waals surface area contributed by atoms with Gasteiger partial charge in [-0.25, -0.2) is 8.42 Å². The van der Waals surface area contributed by atoms with Crippen LogP contribution in [0.25, 0.3) is 0 Å². The lowest BCUT2D eigenvalue weighted by Gasteiger charge is -2.46. The Morgan fingerprint density at radius 1 is 1.21 bits per heavy atom. The molecule has 5 nitrogen and oxygen atoms in total. The van der Waals surface area contributed by atoms with Gasteiger partial charge in [0.25, 0.3) is 0 Å². The molecule has 0 aromatic heterocycles. The molecule has 1 N–H and O–H groups in total. The Morgan fingerprint density at radius 3 is 2.26 bits per heavy atom. The molecule has 1 unspecified atom stereocenters. The van der Waals surface area contributed by atoms with Crippen LogP contribution < -0.4 is 5.32 Å². The highest BCUT2D eigenvalue weighted by molar-refractivity contribution is 7.89. The molecule has 6 heteroatoms. The summed E-state index contributed by atoms with van der Waals surface area (Å²) in [5.74, 6) is 0.208. The molecule has 0 aromatic carbocycles. The lowest BCUT2D eigenvalue weighted by Crippen LogP contribution is -2.59. The minimum absolute atomic E-state index is 0.110. The van der Waals surface area contributed by atoms with Crippen LogP contribution in [0.3, 0.4) is 0 Å². The van der Waals surface area contributed by atoms with E-state index in [4.69, 9.17) is 4.74 Å². The first kappa shape index (κ1) is 15.2. The fraction of sp³-hybridized carbons (Fsp3) is 1.00. The molecule has 2 aliphatic rings. The molecule has 2 heterocycles. The Hall–Kier alpha value is -0.170. The highest BCUT2D eigenvalue weighted by atomic mass is 32.2. The van der Waals surface area contributed by atoms with Crippen LogP contribution in [-0.4, -0.2) is 55.4 Å². The molecule has 2 saturated heterocycles. The maximum Gasteiger partial charge on any atom is 0.215 e. The van der Waals surface area contributed by atoms with E-state index < -0.39 is 21.2 Å². The van der Waals surface area contributed by atoms with Gasteiger partial charge in [0.05, 0.1) is 17.0 Å². The van der Waals surface area contributed by atoms with Crippen molar-refractivity contribution in [3.63, 3.8) is 0 Å². The molecule has 2 rings (SSSR count). The van der Waals surface area contributed by atoms with Gasteiger partial charge in [-0.15, -0.1) is 0 Å². The van der Waals surface area contributed by atoms with Crippen LogP contribution >= 0.6 is 0 Å². The van der Waals surface area contributed by atoms with Gasteiger partial charge in [-0.05, 0) is 47.1 Å². The highest BCUT2D eigenvalue weighted by Gasteiger charge is 2.43. The summed E-state index contributed by atoms with van der Waals surface area (Å²) in [5, 5.41) is 3.26. The molecule has 0 bridgehead atoms. The van der Waals surface area contributed by atoms with Crippen LogP contribution in [0, 0.1) is 0 Å². The summed E-state index contributed by atoms with van der Waals surface area (Å²) in [6.45, 7) is 9.60. The fourth-order valence-electron chi connectivity index (χ4n) is 3.17. The number of ether oxygens (including phenoxy) is 1. The maximum absolute atomic E-state index is 12.5. The standard InChI is InChI=1S/C13H26N2O3S/c1-12(2)9-15(10-13(3,4)18-12)19(16,17)8-11-6-5-7-14-11/h11,14H,5-10H2,1-4H3. The van der Waals surface area contributed by atoms with Crippen LogP contribution in [-0.2, 0) is 14.8 Å². The Kier molecular flexibility index (Phi) is 3.99. The van der Waals surface area contributed by atoms with Crippen molar-refractivity contribution in [1.29, 1.82) is 0 Å². The third-order valence-electron chi connectivity index (χ3n) is 3.63. The molecular formula is C13H26N2O3S. The smallest absolute Gasteiger partial charge is 0.215 e. The van der Waals surface area contributed by atoms with Crippen molar-refractivity contribution in [1.82, 2.24) is 9.62 Å². The summed E-state index contributed by atoms with van der Waals surface area (Å²) in [6, 6.07) is 0.110. The topological polar surface area (TPSA) is 58.6 Å². The minimum atomic E-state index is -3.22. The van der Waals surface area contributed by atoms with Crippen molar-refractivity contribution in [3.8, 4) is 0 Å². The summed E-state index contributed by atoms with van der Waals surface area (Å²) >= 11 is 0. The molecular weight excluding hydrogens is 264 g/mol. The monoisotopic (exact) mass is 290 g/mol. The van der Waals surface area contributed by atoms with E-state index >= 15 is 0 Å². The number of sulfonamides is 1. The summed E-state index contributed by atoms with van der Waals surface area (Å²) in [6.07, 6.45) is 2.02. The van der Waals surface area contributed by atoms with Gasteiger partial charge >= 0.3 is 0 Å². The number of hydrogen-bond acceptors (Lipinski definition) is 4. The number of nitrogens with one attached hydrogen (secondary N) is 1. The Balaban J connectivity index is 2.10. The van der Waals surface area contributed by atoms with Crippen molar-refractivity contribution in [2.45, 2.75) is 57.8 Å². The zero-order valence-electron chi connectivity index (χ0n) is 12.4. The molecule has 1 atom stereocenters. The van der Waals surface area contributed by atoms with E-state index in [-0.39, 0.29) is 11.8 Å². The molecule has 0 aromatic rings. The van der Waals surface area contributed by atoms with E-state index in [0.29, 0.717) is 13.1 Å².